The first-order chi connectivity index (χ1) is 8.13. The lowest BCUT2D eigenvalue weighted by Crippen LogP contribution is -2.46. The van der Waals surface area contributed by atoms with Gasteiger partial charge >= 0.3 is 18.0 Å². The average molecular weight is 259 g/mol. The van der Waals surface area contributed by atoms with Gasteiger partial charge in [-0.05, 0) is 27.2 Å². The topological polar surface area (TPSA) is 104 Å². The number of carboxylic acids is 2. The van der Waals surface area contributed by atoms with E-state index in [-0.39, 0.29) is 13.0 Å². The minimum Gasteiger partial charge on any atom is -0.481 e. The number of amides is 1. The van der Waals surface area contributed by atoms with Crippen LogP contribution in [0.3, 0.4) is 0 Å². The molecule has 0 radical (unpaired) electrons. The summed E-state index contributed by atoms with van der Waals surface area (Å²) < 4.78 is 5.06. The van der Waals surface area contributed by atoms with Crippen LogP contribution in [0, 0.1) is 5.92 Å². The summed E-state index contributed by atoms with van der Waals surface area (Å²) in [5, 5.41) is 18.0. The van der Waals surface area contributed by atoms with Gasteiger partial charge in [-0.2, -0.15) is 0 Å². The molecule has 2 atom stereocenters. The average Bonchev–Trinajstić information content (AvgIpc) is 2.58. The van der Waals surface area contributed by atoms with E-state index in [1.165, 1.54) is 0 Å². The Kier molecular flexibility index (Phi) is 3.83. The van der Waals surface area contributed by atoms with Crippen molar-refractivity contribution in [3.8, 4) is 0 Å². The number of hydrogen-bond donors (Lipinski definition) is 2. The van der Waals surface area contributed by atoms with Gasteiger partial charge in [0.2, 0.25) is 0 Å². The molecule has 7 nitrogen and oxygen atoms in total. The fraction of sp³-hybridized carbons (Fsp3) is 0.727. The first-order valence-electron chi connectivity index (χ1n) is 5.58. The summed E-state index contributed by atoms with van der Waals surface area (Å²) in [6.45, 7) is 5.05. The monoisotopic (exact) mass is 259 g/mol. The van der Waals surface area contributed by atoms with E-state index in [1.807, 2.05) is 0 Å². The minimum absolute atomic E-state index is 0.0723. The Morgan fingerprint density at radius 1 is 1.17 bits per heavy atom. The van der Waals surface area contributed by atoms with Crippen LogP contribution in [0.25, 0.3) is 0 Å². The molecule has 0 aromatic heterocycles. The third kappa shape index (κ3) is 3.12. The van der Waals surface area contributed by atoms with Gasteiger partial charge in [-0.25, -0.2) is 9.59 Å². The minimum atomic E-state index is -1.36. The van der Waals surface area contributed by atoms with Crippen LogP contribution in [-0.2, 0) is 14.3 Å². The lowest BCUT2D eigenvalue weighted by atomic mass is 10.0. The Balaban J connectivity index is 2.86. The molecule has 1 heterocycles. The van der Waals surface area contributed by atoms with Crippen LogP contribution in [0.4, 0.5) is 4.79 Å². The molecule has 1 saturated heterocycles. The van der Waals surface area contributed by atoms with Gasteiger partial charge in [-0.1, -0.05) is 0 Å². The Bertz CT molecular complexity index is 372. The van der Waals surface area contributed by atoms with Crippen LogP contribution in [0.2, 0.25) is 0 Å². The highest BCUT2D eigenvalue weighted by molar-refractivity contribution is 5.87. The van der Waals surface area contributed by atoms with E-state index in [0.29, 0.717) is 0 Å². The standard InChI is InChI=1S/C11H17NO6/c1-11(2,3)18-10(17)12-5-4-6(8(13)14)7(12)9(15)16/h6-7H,4-5H2,1-3H3,(H,13,14)(H,15,16)/t6-,7-/m0/s1. The van der Waals surface area contributed by atoms with Crippen molar-refractivity contribution in [1.29, 1.82) is 0 Å². The molecule has 2 N–H and O–H groups in total. The van der Waals surface area contributed by atoms with Crippen molar-refractivity contribution < 1.29 is 29.3 Å². The number of carboxylic acid groups (broad SMARTS) is 2. The number of carbonyl (C=O) groups excluding carboxylic acids is 1. The molecule has 102 valence electrons. The molecule has 1 amide bonds. The number of rotatable bonds is 2. The smallest absolute Gasteiger partial charge is 0.411 e. The molecule has 1 aliphatic heterocycles. The Morgan fingerprint density at radius 2 is 1.72 bits per heavy atom. The van der Waals surface area contributed by atoms with Crippen LogP contribution in [0.15, 0.2) is 0 Å². The fourth-order valence-corrected chi connectivity index (χ4v) is 1.88. The van der Waals surface area contributed by atoms with E-state index in [4.69, 9.17) is 14.9 Å². The van der Waals surface area contributed by atoms with Crippen molar-refractivity contribution in [3.05, 3.63) is 0 Å². The van der Waals surface area contributed by atoms with Crippen molar-refractivity contribution >= 4 is 18.0 Å². The SMILES string of the molecule is CC(C)(C)OC(=O)N1CC[C@H](C(=O)O)[C@H]1C(=O)O. The summed E-state index contributed by atoms with van der Waals surface area (Å²) in [6, 6.07) is -1.36. The lowest BCUT2D eigenvalue weighted by molar-refractivity contribution is -0.151. The maximum Gasteiger partial charge on any atom is 0.411 e. The third-order valence-corrected chi connectivity index (χ3v) is 2.60. The maximum atomic E-state index is 11.8. The molecular formula is C11H17NO6. The molecule has 0 unspecified atom stereocenters. The zero-order valence-electron chi connectivity index (χ0n) is 10.5. The van der Waals surface area contributed by atoms with E-state index in [0.717, 1.165) is 4.90 Å². The molecule has 0 aliphatic carbocycles. The Labute approximate surface area is 104 Å². The summed E-state index contributed by atoms with van der Waals surface area (Å²) in [7, 11) is 0. The molecule has 18 heavy (non-hydrogen) atoms. The van der Waals surface area contributed by atoms with Crippen LogP contribution < -0.4 is 0 Å². The summed E-state index contributed by atoms with van der Waals surface area (Å²) in [6.07, 6.45) is -0.676. The first kappa shape index (κ1) is 14.3. The summed E-state index contributed by atoms with van der Waals surface area (Å²) in [5.74, 6) is -3.63. The quantitative estimate of drug-likeness (QED) is 0.759. The summed E-state index contributed by atoms with van der Waals surface area (Å²) in [4.78, 5) is 34.8. The molecular weight excluding hydrogens is 242 g/mol. The molecule has 0 spiro atoms. The van der Waals surface area contributed by atoms with Crippen molar-refractivity contribution in [1.82, 2.24) is 4.90 Å². The number of hydrogen-bond acceptors (Lipinski definition) is 4. The molecule has 0 saturated carbocycles. The molecule has 7 heteroatoms. The van der Waals surface area contributed by atoms with Crippen LogP contribution >= 0.6 is 0 Å². The Hall–Kier alpha value is -1.79. The number of aliphatic carboxylic acids is 2. The Morgan fingerprint density at radius 3 is 2.11 bits per heavy atom. The highest BCUT2D eigenvalue weighted by Crippen LogP contribution is 2.26. The molecule has 1 rings (SSSR count). The van der Waals surface area contributed by atoms with Crippen molar-refractivity contribution in [2.45, 2.75) is 38.8 Å². The third-order valence-electron chi connectivity index (χ3n) is 2.60. The lowest BCUT2D eigenvalue weighted by Gasteiger charge is -2.27. The van der Waals surface area contributed by atoms with Gasteiger partial charge in [0.15, 0.2) is 0 Å². The number of carbonyl (C=O) groups is 3. The van der Waals surface area contributed by atoms with Crippen molar-refractivity contribution in [2.24, 2.45) is 5.92 Å². The normalized spacial score (nSPS) is 23.8. The second-order valence-corrected chi connectivity index (χ2v) is 5.19. The predicted octanol–water partition coefficient (Wildman–Crippen LogP) is 0.781. The highest BCUT2D eigenvalue weighted by atomic mass is 16.6. The second-order valence-electron chi connectivity index (χ2n) is 5.19. The largest absolute Gasteiger partial charge is 0.481 e. The van der Waals surface area contributed by atoms with Crippen LogP contribution in [0.1, 0.15) is 27.2 Å². The van der Waals surface area contributed by atoms with Crippen LogP contribution in [-0.4, -0.2) is 51.3 Å². The van der Waals surface area contributed by atoms with Crippen molar-refractivity contribution in [2.75, 3.05) is 6.54 Å². The number of ether oxygens (including phenoxy) is 1. The molecule has 0 aromatic rings. The number of nitrogens with zero attached hydrogens (tertiary/aromatic N) is 1. The van der Waals surface area contributed by atoms with E-state index in [1.54, 1.807) is 20.8 Å². The van der Waals surface area contributed by atoms with Gasteiger partial charge < -0.3 is 14.9 Å². The van der Waals surface area contributed by atoms with E-state index < -0.39 is 35.6 Å². The van der Waals surface area contributed by atoms with E-state index in [9.17, 15) is 14.4 Å². The van der Waals surface area contributed by atoms with Gasteiger partial charge in [-0.3, -0.25) is 9.69 Å². The van der Waals surface area contributed by atoms with Gasteiger partial charge in [0.05, 0.1) is 5.92 Å². The predicted molar refractivity (Wildman–Crippen MR) is 60.1 cm³/mol. The van der Waals surface area contributed by atoms with Gasteiger partial charge in [0.1, 0.15) is 11.6 Å². The molecule has 0 bridgehead atoms. The molecule has 1 aliphatic rings. The molecule has 0 aromatic carbocycles. The fourth-order valence-electron chi connectivity index (χ4n) is 1.88. The summed E-state index contributed by atoms with van der Waals surface area (Å²) >= 11 is 0. The van der Waals surface area contributed by atoms with Gasteiger partial charge in [0, 0.05) is 6.54 Å². The first-order valence-corrected chi connectivity index (χ1v) is 5.58. The van der Waals surface area contributed by atoms with E-state index in [2.05, 4.69) is 0 Å². The highest BCUT2D eigenvalue weighted by Gasteiger charge is 2.47. The second kappa shape index (κ2) is 4.83. The van der Waals surface area contributed by atoms with Gasteiger partial charge in [-0.15, -0.1) is 0 Å². The van der Waals surface area contributed by atoms with E-state index >= 15 is 0 Å². The zero-order valence-corrected chi connectivity index (χ0v) is 10.5. The van der Waals surface area contributed by atoms with Gasteiger partial charge in [0.25, 0.3) is 0 Å². The van der Waals surface area contributed by atoms with Crippen LogP contribution in [0.5, 0.6) is 0 Å². The number of likely N-dealkylation sites (tertiary alicyclic amines) is 1. The zero-order chi connectivity index (χ0) is 14.1. The molecule has 1 fully saturated rings. The van der Waals surface area contributed by atoms with Crippen molar-refractivity contribution in [3.63, 3.8) is 0 Å². The summed E-state index contributed by atoms with van der Waals surface area (Å²) in [5.41, 5.74) is -0.749. The maximum absolute atomic E-state index is 11.8.